The molecule has 0 aliphatic rings. The Morgan fingerprint density at radius 3 is 2.71 bits per heavy atom. The molecule has 0 unspecified atom stereocenters. The van der Waals surface area contributed by atoms with Crippen LogP contribution < -0.4 is 4.74 Å². The molecule has 4 heteroatoms. The highest BCUT2D eigenvalue weighted by Gasteiger charge is 1.98. The number of rotatable bonds is 3. The molecule has 0 aliphatic heterocycles. The molecule has 0 atom stereocenters. The monoisotopic (exact) mass is 193 g/mol. The lowest BCUT2D eigenvalue weighted by Crippen LogP contribution is -1.87. The molecule has 0 saturated carbocycles. The highest BCUT2D eigenvalue weighted by Crippen LogP contribution is 2.17. The van der Waals surface area contributed by atoms with Crippen molar-refractivity contribution in [1.29, 1.82) is 0 Å². The maximum Gasteiger partial charge on any atom is 0.235 e. The van der Waals surface area contributed by atoms with Crippen molar-refractivity contribution >= 4 is 6.08 Å². The van der Waals surface area contributed by atoms with Crippen LogP contribution in [0.4, 0.5) is 0 Å². The molecule has 0 fully saturated rings. The maximum absolute atomic E-state index is 10.1. The lowest BCUT2D eigenvalue weighted by molar-refractivity contribution is -0.400. The Morgan fingerprint density at radius 2 is 2.21 bits per heavy atom. The van der Waals surface area contributed by atoms with Crippen molar-refractivity contribution < 1.29 is 9.66 Å². The van der Waals surface area contributed by atoms with Crippen molar-refractivity contribution in [2.75, 3.05) is 7.11 Å². The number of hydrogen-bond donors (Lipinski definition) is 0. The molecule has 1 aromatic carbocycles. The van der Waals surface area contributed by atoms with Gasteiger partial charge in [0.2, 0.25) is 6.20 Å². The van der Waals surface area contributed by atoms with Gasteiger partial charge in [0.15, 0.2) is 0 Å². The van der Waals surface area contributed by atoms with E-state index in [1.165, 1.54) is 6.08 Å². The van der Waals surface area contributed by atoms with E-state index in [-0.39, 0.29) is 0 Å². The molecule has 14 heavy (non-hydrogen) atoms. The highest BCUT2D eigenvalue weighted by molar-refractivity contribution is 5.54. The molecule has 0 saturated heterocycles. The fourth-order valence-corrected chi connectivity index (χ4v) is 1.10. The Kier molecular flexibility index (Phi) is 3.23. The van der Waals surface area contributed by atoms with Gasteiger partial charge in [0.05, 0.1) is 12.0 Å². The molecule has 0 aromatic heterocycles. The van der Waals surface area contributed by atoms with Gasteiger partial charge in [-0.2, -0.15) is 0 Å². The lowest BCUT2D eigenvalue weighted by Gasteiger charge is -2.02. The van der Waals surface area contributed by atoms with Crippen LogP contribution in [0.5, 0.6) is 5.75 Å². The fourth-order valence-electron chi connectivity index (χ4n) is 1.10. The zero-order valence-electron chi connectivity index (χ0n) is 8.06. The molecule has 1 aromatic rings. The first-order chi connectivity index (χ1) is 6.63. The summed E-state index contributed by atoms with van der Waals surface area (Å²) in [5.74, 6) is 0.751. The van der Waals surface area contributed by atoms with Crippen molar-refractivity contribution in [3.63, 3.8) is 0 Å². The fraction of sp³-hybridized carbons (Fsp3) is 0.200. The average Bonchev–Trinajstić information content (AvgIpc) is 2.15. The van der Waals surface area contributed by atoms with E-state index in [2.05, 4.69) is 0 Å². The molecule has 74 valence electrons. The minimum absolute atomic E-state index is 0.482. The molecule has 0 bridgehead atoms. The van der Waals surface area contributed by atoms with Crippen LogP contribution >= 0.6 is 0 Å². The maximum atomic E-state index is 10.1. The first kappa shape index (κ1) is 10.2. The van der Waals surface area contributed by atoms with E-state index in [0.717, 1.165) is 23.1 Å². The highest BCUT2D eigenvalue weighted by atomic mass is 16.6. The molecule has 4 nitrogen and oxygen atoms in total. The summed E-state index contributed by atoms with van der Waals surface area (Å²) in [5.41, 5.74) is 1.77. The number of nitro groups is 1. The number of nitrogens with zero attached hydrogens (tertiary/aromatic N) is 1. The second-order valence-corrected chi connectivity index (χ2v) is 2.82. The van der Waals surface area contributed by atoms with E-state index in [4.69, 9.17) is 4.74 Å². The average molecular weight is 193 g/mol. The standard InChI is InChI=1S/C10H11NO3/c1-8-7-10(14-2)4-3-9(8)5-6-11(12)13/h3-7H,1-2H3. The van der Waals surface area contributed by atoms with E-state index >= 15 is 0 Å². The second-order valence-electron chi connectivity index (χ2n) is 2.82. The Hall–Kier alpha value is -1.84. The van der Waals surface area contributed by atoms with Crippen LogP contribution in [-0.2, 0) is 0 Å². The van der Waals surface area contributed by atoms with Gasteiger partial charge in [-0.15, -0.1) is 0 Å². The summed E-state index contributed by atoms with van der Waals surface area (Å²) in [7, 11) is 1.58. The predicted molar refractivity (Wildman–Crippen MR) is 53.8 cm³/mol. The summed E-state index contributed by atoms with van der Waals surface area (Å²) < 4.78 is 5.02. The molecule has 0 spiro atoms. The van der Waals surface area contributed by atoms with Gasteiger partial charge in [0, 0.05) is 6.08 Å². The summed E-state index contributed by atoms with van der Waals surface area (Å²) in [6.45, 7) is 1.88. The van der Waals surface area contributed by atoms with Gasteiger partial charge < -0.3 is 4.74 Å². The number of methoxy groups -OCH3 is 1. The van der Waals surface area contributed by atoms with E-state index in [0.29, 0.717) is 0 Å². The molecule has 0 N–H and O–H groups in total. The Bertz CT molecular complexity index is 372. The number of benzene rings is 1. The van der Waals surface area contributed by atoms with Crippen molar-refractivity contribution in [3.8, 4) is 5.75 Å². The summed E-state index contributed by atoms with van der Waals surface area (Å²) in [5, 5.41) is 10.1. The minimum atomic E-state index is -0.482. The lowest BCUT2D eigenvalue weighted by atomic mass is 10.1. The van der Waals surface area contributed by atoms with Crippen LogP contribution in [0.25, 0.3) is 6.08 Å². The molecule has 1 rings (SSSR count). The van der Waals surface area contributed by atoms with Gasteiger partial charge in [-0.1, -0.05) is 6.07 Å². The van der Waals surface area contributed by atoms with Gasteiger partial charge in [0.25, 0.3) is 0 Å². The smallest absolute Gasteiger partial charge is 0.235 e. The van der Waals surface area contributed by atoms with Gasteiger partial charge in [-0.3, -0.25) is 10.1 Å². The van der Waals surface area contributed by atoms with Crippen LogP contribution in [-0.4, -0.2) is 12.0 Å². The first-order valence-corrected chi connectivity index (χ1v) is 4.10. The van der Waals surface area contributed by atoms with Crippen LogP contribution in [0.15, 0.2) is 24.4 Å². The minimum Gasteiger partial charge on any atom is -0.497 e. The topological polar surface area (TPSA) is 52.4 Å². The van der Waals surface area contributed by atoms with Crippen LogP contribution in [0.1, 0.15) is 11.1 Å². The molecule has 0 aliphatic carbocycles. The largest absolute Gasteiger partial charge is 0.497 e. The van der Waals surface area contributed by atoms with E-state index in [1.54, 1.807) is 19.2 Å². The third kappa shape index (κ3) is 2.58. The Labute approximate surface area is 82.0 Å². The van der Waals surface area contributed by atoms with Crippen molar-refractivity contribution in [2.24, 2.45) is 0 Å². The zero-order chi connectivity index (χ0) is 10.6. The Morgan fingerprint density at radius 1 is 1.50 bits per heavy atom. The molecule has 0 radical (unpaired) electrons. The number of aryl methyl sites for hydroxylation is 1. The second kappa shape index (κ2) is 4.41. The number of ether oxygens (including phenoxy) is 1. The van der Waals surface area contributed by atoms with Crippen molar-refractivity contribution in [3.05, 3.63) is 45.6 Å². The van der Waals surface area contributed by atoms with Gasteiger partial charge >= 0.3 is 0 Å². The summed E-state index contributed by atoms with van der Waals surface area (Å²) in [6.07, 6.45) is 2.39. The first-order valence-electron chi connectivity index (χ1n) is 4.10. The zero-order valence-corrected chi connectivity index (χ0v) is 8.06. The summed E-state index contributed by atoms with van der Waals surface area (Å²) in [4.78, 5) is 9.62. The SMILES string of the molecule is COc1ccc(C=C[N+](=O)[O-])c(C)c1. The van der Waals surface area contributed by atoms with Crippen LogP contribution in [0.2, 0.25) is 0 Å². The van der Waals surface area contributed by atoms with E-state index in [1.807, 2.05) is 13.0 Å². The van der Waals surface area contributed by atoms with E-state index in [9.17, 15) is 10.1 Å². The normalized spacial score (nSPS) is 10.4. The van der Waals surface area contributed by atoms with Crippen molar-refractivity contribution in [2.45, 2.75) is 6.92 Å². The third-order valence-electron chi connectivity index (χ3n) is 1.85. The van der Waals surface area contributed by atoms with Crippen LogP contribution in [0, 0.1) is 17.0 Å². The van der Waals surface area contributed by atoms with Gasteiger partial charge in [-0.25, -0.2) is 0 Å². The molecule has 0 heterocycles. The summed E-state index contributed by atoms with van der Waals surface area (Å²) in [6, 6.07) is 5.39. The van der Waals surface area contributed by atoms with Crippen LogP contribution in [0.3, 0.4) is 0 Å². The summed E-state index contributed by atoms with van der Waals surface area (Å²) >= 11 is 0. The van der Waals surface area contributed by atoms with E-state index < -0.39 is 4.92 Å². The molecular weight excluding hydrogens is 182 g/mol. The molecular formula is C10H11NO3. The predicted octanol–water partition coefficient (Wildman–Crippen LogP) is 2.25. The van der Waals surface area contributed by atoms with Crippen molar-refractivity contribution in [1.82, 2.24) is 0 Å². The van der Waals surface area contributed by atoms with Gasteiger partial charge in [-0.05, 0) is 30.2 Å². The Balaban J connectivity index is 2.94. The quantitative estimate of drug-likeness (QED) is 0.546. The van der Waals surface area contributed by atoms with Gasteiger partial charge in [0.1, 0.15) is 5.75 Å². The number of hydrogen-bond acceptors (Lipinski definition) is 3. The molecule has 0 amide bonds. The third-order valence-corrected chi connectivity index (χ3v) is 1.85.